The normalized spacial score (nSPS) is 11.2. The van der Waals surface area contributed by atoms with Gasteiger partial charge in [0.05, 0.1) is 31.4 Å². The van der Waals surface area contributed by atoms with Crippen LogP contribution in [0.2, 0.25) is 0 Å². The smallest absolute Gasteiger partial charge is 0.490 e. The van der Waals surface area contributed by atoms with Crippen molar-refractivity contribution in [2.45, 2.75) is 19.3 Å². The monoisotopic (exact) mass is 426 g/mol. The van der Waals surface area contributed by atoms with E-state index < -0.39 is 12.1 Å². The van der Waals surface area contributed by atoms with Gasteiger partial charge in [-0.25, -0.2) is 9.48 Å². The first-order valence-corrected chi connectivity index (χ1v) is 8.60. The molecule has 30 heavy (non-hydrogen) atoms. The van der Waals surface area contributed by atoms with Crippen LogP contribution in [0.5, 0.6) is 5.75 Å². The van der Waals surface area contributed by atoms with Crippen molar-refractivity contribution in [3.05, 3.63) is 54.1 Å². The van der Waals surface area contributed by atoms with Crippen LogP contribution in [0.3, 0.4) is 0 Å². The maximum Gasteiger partial charge on any atom is 0.490 e. The minimum atomic E-state index is -5.08. The van der Waals surface area contributed by atoms with E-state index in [0.717, 1.165) is 30.2 Å². The lowest BCUT2D eigenvalue weighted by molar-refractivity contribution is -0.192. The number of nitrogens with zero attached hydrogens (tertiary/aromatic N) is 6. The zero-order valence-electron chi connectivity index (χ0n) is 16.5. The molecule has 0 spiro atoms. The van der Waals surface area contributed by atoms with E-state index in [1.165, 1.54) is 5.56 Å². The molecule has 3 rings (SSSR count). The molecule has 9 nitrogen and oxygen atoms in total. The molecule has 0 atom stereocenters. The Balaban J connectivity index is 0.000000396. The molecular formula is C18H21F3N6O3. The molecule has 1 N–H and O–H groups in total. The summed E-state index contributed by atoms with van der Waals surface area (Å²) in [7, 11) is 5.62. The number of carboxylic acids is 1. The van der Waals surface area contributed by atoms with E-state index >= 15 is 0 Å². The number of aryl methyl sites for hydroxylation is 1. The molecule has 0 aliphatic rings. The van der Waals surface area contributed by atoms with Crippen LogP contribution in [-0.4, -0.2) is 61.1 Å². The van der Waals surface area contributed by atoms with Gasteiger partial charge >= 0.3 is 12.1 Å². The highest BCUT2D eigenvalue weighted by Gasteiger charge is 2.38. The molecule has 1 aromatic carbocycles. The highest BCUT2D eigenvalue weighted by molar-refractivity contribution is 5.73. The largest absolute Gasteiger partial charge is 0.497 e. The Morgan fingerprint density at radius 1 is 1.20 bits per heavy atom. The predicted molar refractivity (Wildman–Crippen MR) is 100.0 cm³/mol. The topological polar surface area (TPSA) is 98.3 Å². The van der Waals surface area contributed by atoms with Gasteiger partial charge in [0, 0.05) is 20.1 Å². The van der Waals surface area contributed by atoms with Crippen molar-refractivity contribution < 1.29 is 27.8 Å². The Labute approximate surface area is 170 Å². The van der Waals surface area contributed by atoms with Crippen molar-refractivity contribution in [2.24, 2.45) is 7.05 Å². The van der Waals surface area contributed by atoms with Gasteiger partial charge in [-0.2, -0.15) is 18.3 Å². The molecule has 2 heterocycles. The summed E-state index contributed by atoms with van der Waals surface area (Å²) in [4.78, 5) is 11.1. The number of carbonyl (C=O) groups is 1. The summed E-state index contributed by atoms with van der Waals surface area (Å²) >= 11 is 0. The second-order valence-corrected chi connectivity index (χ2v) is 6.35. The fraction of sp³-hybridized carbons (Fsp3) is 0.333. The van der Waals surface area contributed by atoms with E-state index in [9.17, 15) is 13.2 Å². The molecule has 0 radical (unpaired) electrons. The average molecular weight is 426 g/mol. The molecule has 0 amide bonds. The number of aliphatic carboxylic acids is 1. The van der Waals surface area contributed by atoms with Crippen molar-refractivity contribution >= 4 is 5.97 Å². The molecule has 12 heteroatoms. The SMILES string of the molecule is COc1ccc(CN(C)Cc2cn(-c3cnn(C)c3)nn2)cc1.O=C(O)C(F)(F)F. The Morgan fingerprint density at radius 3 is 2.33 bits per heavy atom. The van der Waals surface area contributed by atoms with Crippen molar-refractivity contribution in [1.29, 1.82) is 0 Å². The second kappa shape index (κ2) is 9.87. The number of aromatic nitrogens is 5. The molecular weight excluding hydrogens is 405 g/mol. The first-order valence-electron chi connectivity index (χ1n) is 8.60. The molecule has 0 saturated carbocycles. The van der Waals surface area contributed by atoms with Gasteiger partial charge in [-0.3, -0.25) is 9.58 Å². The van der Waals surface area contributed by atoms with Crippen molar-refractivity contribution in [3.8, 4) is 11.4 Å². The Morgan fingerprint density at radius 2 is 1.83 bits per heavy atom. The molecule has 3 aromatic rings. The summed E-state index contributed by atoms with van der Waals surface area (Å²) in [6, 6.07) is 8.09. The molecule has 0 unspecified atom stereocenters. The van der Waals surface area contributed by atoms with Gasteiger partial charge in [-0.05, 0) is 24.7 Å². The predicted octanol–water partition coefficient (Wildman–Crippen LogP) is 2.27. The average Bonchev–Trinajstić information content (AvgIpc) is 3.31. The second-order valence-electron chi connectivity index (χ2n) is 6.35. The Kier molecular flexibility index (Phi) is 7.53. The third-order valence-corrected chi connectivity index (χ3v) is 3.78. The Bertz CT molecular complexity index is 953. The minimum Gasteiger partial charge on any atom is -0.497 e. The van der Waals surface area contributed by atoms with E-state index in [0.29, 0.717) is 0 Å². The standard InChI is InChI=1S/C16H20N6O.C2HF3O2/c1-20(9-13-4-6-16(23-3)7-5-13)10-14-11-22(19-18-14)15-8-17-21(2)12-15;3-2(4,5)1(6)7/h4-8,11-12H,9-10H2,1-3H3;(H,6,7). The fourth-order valence-corrected chi connectivity index (χ4v) is 2.40. The van der Waals surface area contributed by atoms with Gasteiger partial charge < -0.3 is 9.84 Å². The van der Waals surface area contributed by atoms with Crippen LogP contribution < -0.4 is 4.74 Å². The van der Waals surface area contributed by atoms with Crippen LogP contribution in [-0.2, 0) is 24.9 Å². The number of alkyl halides is 3. The maximum absolute atomic E-state index is 10.6. The molecule has 0 saturated heterocycles. The van der Waals surface area contributed by atoms with E-state index in [4.69, 9.17) is 14.6 Å². The van der Waals surface area contributed by atoms with Gasteiger partial charge in [0.2, 0.25) is 0 Å². The number of ether oxygens (including phenoxy) is 1. The van der Waals surface area contributed by atoms with Gasteiger partial charge in [0.25, 0.3) is 0 Å². The first-order chi connectivity index (χ1) is 14.1. The van der Waals surface area contributed by atoms with Crippen LogP contribution >= 0.6 is 0 Å². The summed E-state index contributed by atoms with van der Waals surface area (Å²) in [6.07, 6.45) is 0.514. The van der Waals surface area contributed by atoms with Crippen LogP contribution in [0.1, 0.15) is 11.3 Å². The highest BCUT2D eigenvalue weighted by Crippen LogP contribution is 2.14. The number of hydrogen-bond donors (Lipinski definition) is 1. The van der Waals surface area contributed by atoms with Crippen LogP contribution in [0, 0.1) is 0 Å². The third kappa shape index (κ3) is 6.88. The number of benzene rings is 1. The molecule has 0 bridgehead atoms. The number of carboxylic acid groups (broad SMARTS) is 1. The zero-order chi connectivity index (χ0) is 22.3. The van der Waals surface area contributed by atoms with Gasteiger partial charge in [0.15, 0.2) is 0 Å². The summed E-state index contributed by atoms with van der Waals surface area (Å²) in [5, 5.41) is 19.6. The van der Waals surface area contributed by atoms with Gasteiger partial charge in [-0.15, -0.1) is 5.10 Å². The first kappa shape index (κ1) is 22.9. The fourth-order valence-electron chi connectivity index (χ4n) is 2.40. The zero-order valence-corrected chi connectivity index (χ0v) is 16.5. The van der Waals surface area contributed by atoms with E-state index in [-0.39, 0.29) is 0 Å². The summed E-state index contributed by atoms with van der Waals surface area (Å²) in [5.41, 5.74) is 3.06. The third-order valence-electron chi connectivity index (χ3n) is 3.78. The van der Waals surface area contributed by atoms with Crippen LogP contribution in [0.25, 0.3) is 5.69 Å². The van der Waals surface area contributed by atoms with Crippen molar-refractivity contribution in [3.63, 3.8) is 0 Å². The summed E-state index contributed by atoms with van der Waals surface area (Å²) < 4.78 is 40.4. The van der Waals surface area contributed by atoms with Crippen molar-refractivity contribution in [2.75, 3.05) is 14.2 Å². The Hall–Kier alpha value is -3.41. The molecule has 162 valence electrons. The number of halogens is 3. The molecule has 2 aromatic heterocycles. The number of hydrogen-bond acceptors (Lipinski definition) is 6. The molecule has 0 aliphatic carbocycles. The summed E-state index contributed by atoms with van der Waals surface area (Å²) in [6.45, 7) is 1.57. The summed E-state index contributed by atoms with van der Waals surface area (Å²) in [5.74, 6) is -1.89. The molecule has 0 fully saturated rings. The number of rotatable bonds is 6. The van der Waals surface area contributed by atoms with Crippen LogP contribution in [0.15, 0.2) is 42.9 Å². The lowest BCUT2D eigenvalue weighted by Crippen LogP contribution is -2.21. The lowest BCUT2D eigenvalue weighted by Gasteiger charge is -2.15. The molecule has 0 aliphatic heterocycles. The van der Waals surface area contributed by atoms with E-state index in [1.807, 2.05) is 31.6 Å². The van der Waals surface area contributed by atoms with Crippen LogP contribution in [0.4, 0.5) is 13.2 Å². The van der Waals surface area contributed by atoms with E-state index in [1.54, 1.807) is 22.7 Å². The highest BCUT2D eigenvalue weighted by atomic mass is 19.4. The minimum absolute atomic E-state index is 0.728. The van der Waals surface area contributed by atoms with Crippen molar-refractivity contribution in [1.82, 2.24) is 29.7 Å². The number of methoxy groups -OCH3 is 1. The lowest BCUT2D eigenvalue weighted by atomic mass is 10.2. The van der Waals surface area contributed by atoms with Gasteiger partial charge in [0.1, 0.15) is 11.4 Å². The maximum atomic E-state index is 10.6. The van der Waals surface area contributed by atoms with Gasteiger partial charge in [-0.1, -0.05) is 17.3 Å². The quantitative estimate of drug-likeness (QED) is 0.646. The van der Waals surface area contributed by atoms with E-state index in [2.05, 4.69) is 39.5 Å².